The molecule has 4 aromatic heterocycles. The van der Waals surface area contributed by atoms with Crippen LogP contribution in [0.1, 0.15) is 54.8 Å². The molecule has 0 fully saturated rings. The maximum Gasteiger partial charge on any atom is 0.309 e. The molecule has 254 valence electrons. The van der Waals surface area contributed by atoms with E-state index in [1.807, 2.05) is 19.9 Å². The zero-order valence-electron chi connectivity index (χ0n) is 26.9. The zero-order chi connectivity index (χ0) is 34.2. The third-order valence-corrected chi connectivity index (χ3v) is 9.82. The normalized spacial score (nSPS) is 17.8. The first-order chi connectivity index (χ1) is 23.7. The second-order valence-corrected chi connectivity index (χ2v) is 13.0. The number of hydrogen-bond acceptors (Lipinski definition) is 10. The average Bonchev–Trinajstić information content (AvgIpc) is 3.77. The van der Waals surface area contributed by atoms with Gasteiger partial charge in [-0.3, -0.25) is 14.4 Å². The summed E-state index contributed by atoms with van der Waals surface area (Å²) in [4.78, 5) is 59.4. The Balaban J connectivity index is 0.000000171. The van der Waals surface area contributed by atoms with Crippen LogP contribution in [0.4, 0.5) is 17.2 Å². The Labute approximate surface area is 290 Å². The molecular formula is C34H34Cl2N8O5. The summed E-state index contributed by atoms with van der Waals surface area (Å²) in [5, 5.41) is 8.76. The van der Waals surface area contributed by atoms with E-state index in [0.717, 1.165) is 75.9 Å². The second-order valence-electron chi connectivity index (χ2n) is 12.2. The van der Waals surface area contributed by atoms with Crippen molar-refractivity contribution in [2.45, 2.75) is 58.8 Å². The number of halogens is 2. The lowest BCUT2D eigenvalue weighted by Gasteiger charge is -2.21. The highest BCUT2D eigenvalue weighted by atomic mass is 35.5. The molecule has 5 heterocycles. The van der Waals surface area contributed by atoms with Gasteiger partial charge in [-0.25, -0.2) is 19.9 Å². The van der Waals surface area contributed by atoms with Crippen molar-refractivity contribution in [1.29, 1.82) is 0 Å². The lowest BCUT2D eigenvalue weighted by atomic mass is 9.86. The number of esters is 2. The number of fused-ring (bicyclic) bond motifs is 7. The maximum absolute atomic E-state index is 12.3. The van der Waals surface area contributed by atoms with Crippen LogP contribution >= 0.6 is 23.2 Å². The topological polar surface area (TPSA) is 177 Å². The minimum absolute atomic E-state index is 0.0487. The number of aryl methyl sites for hydroxylation is 2. The maximum atomic E-state index is 12.3. The first-order valence-corrected chi connectivity index (χ1v) is 17.1. The van der Waals surface area contributed by atoms with E-state index in [1.165, 1.54) is 12.7 Å². The number of carbonyl (C=O) groups is 3. The lowest BCUT2D eigenvalue weighted by molar-refractivity contribution is -0.149. The number of hydrogen-bond donors (Lipinski definition) is 4. The molecule has 15 heteroatoms. The summed E-state index contributed by atoms with van der Waals surface area (Å²) in [7, 11) is 0. The lowest BCUT2D eigenvalue weighted by Crippen LogP contribution is -2.24. The molecule has 2 aliphatic carbocycles. The highest BCUT2D eigenvalue weighted by molar-refractivity contribution is 6.34. The summed E-state index contributed by atoms with van der Waals surface area (Å²) in [5.74, 6) is -0.0108. The van der Waals surface area contributed by atoms with Gasteiger partial charge >= 0.3 is 11.9 Å². The van der Waals surface area contributed by atoms with Gasteiger partial charge in [-0.1, -0.05) is 23.2 Å². The van der Waals surface area contributed by atoms with Crippen LogP contribution in [0, 0.1) is 11.8 Å². The van der Waals surface area contributed by atoms with Crippen molar-refractivity contribution in [2.24, 2.45) is 11.8 Å². The quantitative estimate of drug-likeness (QED) is 0.125. The Morgan fingerprint density at radius 1 is 0.857 bits per heavy atom. The Kier molecular flexibility index (Phi) is 9.12. The van der Waals surface area contributed by atoms with Crippen molar-refractivity contribution in [3.63, 3.8) is 0 Å². The number of anilines is 3. The third kappa shape index (κ3) is 6.40. The summed E-state index contributed by atoms with van der Waals surface area (Å²) in [6.07, 6.45) is 7.56. The van der Waals surface area contributed by atoms with E-state index in [-0.39, 0.29) is 29.7 Å². The number of benzene rings is 1. The van der Waals surface area contributed by atoms with Crippen molar-refractivity contribution >= 4 is 80.3 Å². The number of H-pyrrole nitrogens is 2. The minimum atomic E-state index is -0.177. The van der Waals surface area contributed by atoms with E-state index in [2.05, 4.69) is 40.5 Å². The van der Waals surface area contributed by atoms with Crippen LogP contribution in [0.5, 0.6) is 0 Å². The standard InChI is InChI=1S/C21H20ClN5O3.C13H14ClN3O2/c1-2-30-21(29)10-3-4-14-12(5-10)18-19(26-14)23-9-24-20(18)27-16-8-15-11(6-13(16)22)7-17(28)25-15;1-2-19-13(18)7-3-4-9-8(5-7)10-11(14)15-6-16-12(10)17-9/h6,8-10H,2-5,7H2,1H3,(H,25,28)(H2,23,24,26,27);6-7H,2-5H2,1H3,(H,15,16,17). The van der Waals surface area contributed by atoms with E-state index in [4.69, 9.17) is 32.7 Å². The molecule has 4 N–H and O–H groups in total. The van der Waals surface area contributed by atoms with Gasteiger partial charge in [0.25, 0.3) is 0 Å². The van der Waals surface area contributed by atoms with Crippen molar-refractivity contribution in [3.05, 3.63) is 63.0 Å². The Hall–Kier alpha value is -4.75. The molecule has 8 rings (SSSR count). The predicted octanol–water partition coefficient (Wildman–Crippen LogP) is 5.80. The van der Waals surface area contributed by atoms with Crippen LogP contribution in [0.3, 0.4) is 0 Å². The molecule has 0 saturated heterocycles. The molecule has 0 spiro atoms. The Bertz CT molecular complexity index is 2110. The highest BCUT2D eigenvalue weighted by Gasteiger charge is 2.31. The fourth-order valence-corrected chi connectivity index (χ4v) is 7.41. The second kappa shape index (κ2) is 13.6. The van der Waals surface area contributed by atoms with Gasteiger partial charge in [0.2, 0.25) is 5.91 Å². The van der Waals surface area contributed by atoms with Crippen LogP contribution in [-0.4, -0.2) is 61.0 Å². The molecule has 3 aliphatic rings. The van der Waals surface area contributed by atoms with Gasteiger partial charge < -0.3 is 30.1 Å². The number of aromatic amines is 2. The molecule has 1 aromatic carbocycles. The van der Waals surface area contributed by atoms with Crippen LogP contribution in [0.15, 0.2) is 24.8 Å². The van der Waals surface area contributed by atoms with E-state index in [9.17, 15) is 14.4 Å². The van der Waals surface area contributed by atoms with Gasteiger partial charge in [-0.15, -0.1) is 0 Å². The molecule has 49 heavy (non-hydrogen) atoms. The minimum Gasteiger partial charge on any atom is -0.466 e. The Morgan fingerprint density at radius 3 is 2.08 bits per heavy atom. The largest absolute Gasteiger partial charge is 0.466 e. The number of nitrogens with one attached hydrogen (secondary N) is 4. The van der Waals surface area contributed by atoms with Gasteiger partial charge in [0.1, 0.15) is 34.9 Å². The fraction of sp³-hybridized carbons (Fsp3) is 0.382. The molecule has 2 unspecified atom stereocenters. The van der Waals surface area contributed by atoms with Crippen molar-refractivity contribution in [3.8, 4) is 0 Å². The molecule has 1 aliphatic heterocycles. The van der Waals surface area contributed by atoms with Crippen LogP contribution in [0.2, 0.25) is 10.2 Å². The third-order valence-electron chi connectivity index (χ3n) is 9.22. The van der Waals surface area contributed by atoms with Crippen LogP contribution < -0.4 is 10.6 Å². The van der Waals surface area contributed by atoms with E-state index in [1.54, 1.807) is 6.07 Å². The molecule has 0 radical (unpaired) electrons. The molecular weight excluding hydrogens is 671 g/mol. The van der Waals surface area contributed by atoms with Crippen molar-refractivity contribution in [1.82, 2.24) is 29.9 Å². The summed E-state index contributed by atoms with van der Waals surface area (Å²) < 4.78 is 10.3. The van der Waals surface area contributed by atoms with Crippen LogP contribution in [0.25, 0.3) is 22.1 Å². The first kappa shape index (κ1) is 32.8. The van der Waals surface area contributed by atoms with E-state index < -0.39 is 0 Å². The Morgan fingerprint density at radius 2 is 1.45 bits per heavy atom. The molecule has 1 amide bonds. The average molecular weight is 706 g/mol. The van der Waals surface area contributed by atoms with E-state index >= 15 is 0 Å². The van der Waals surface area contributed by atoms with Gasteiger partial charge in [0.05, 0.1) is 53.0 Å². The summed E-state index contributed by atoms with van der Waals surface area (Å²) in [6.45, 7) is 4.43. The van der Waals surface area contributed by atoms with Crippen molar-refractivity contribution < 1.29 is 23.9 Å². The number of rotatable bonds is 6. The smallest absolute Gasteiger partial charge is 0.309 e. The monoisotopic (exact) mass is 704 g/mol. The molecule has 0 bridgehead atoms. The molecule has 13 nitrogen and oxygen atoms in total. The van der Waals surface area contributed by atoms with Crippen molar-refractivity contribution in [2.75, 3.05) is 23.8 Å². The SMILES string of the molecule is CCOC(=O)C1CCc2[nH]c3ncnc(Cl)c3c2C1.CCOC(=O)C1CCc2[nH]c3ncnc(Nc4cc5c(cc4Cl)CC(=O)N5)c3c2C1. The summed E-state index contributed by atoms with van der Waals surface area (Å²) >= 11 is 12.6. The fourth-order valence-electron chi connectivity index (χ4n) is 6.93. The number of amides is 1. The van der Waals surface area contributed by atoms with Gasteiger partial charge in [-0.05, 0) is 81.2 Å². The van der Waals surface area contributed by atoms with Gasteiger partial charge in [0, 0.05) is 17.1 Å². The number of aromatic nitrogens is 6. The van der Waals surface area contributed by atoms with E-state index in [0.29, 0.717) is 59.8 Å². The summed E-state index contributed by atoms with van der Waals surface area (Å²) in [6, 6.07) is 3.61. The number of carbonyl (C=O) groups excluding carboxylic acids is 3. The van der Waals surface area contributed by atoms with Crippen LogP contribution in [-0.2, 0) is 56.0 Å². The first-order valence-electron chi connectivity index (χ1n) is 16.3. The number of ether oxygens (including phenoxy) is 2. The van der Waals surface area contributed by atoms with Gasteiger partial charge in [-0.2, -0.15) is 0 Å². The molecule has 2 atom stereocenters. The zero-order valence-corrected chi connectivity index (χ0v) is 28.4. The number of nitrogens with zero attached hydrogens (tertiary/aromatic N) is 4. The highest BCUT2D eigenvalue weighted by Crippen LogP contribution is 2.39. The van der Waals surface area contributed by atoms with Gasteiger partial charge in [0.15, 0.2) is 0 Å². The summed E-state index contributed by atoms with van der Waals surface area (Å²) in [5.41, 5.74) is 8.00. The molecule has 5 aromatic rings. The molecule has 0 saturated carbocycles. The predicted molar refractivity (Wildman–Crippen MR) is 184 cm³/mol.